The second kappa shape index (κ2) is 9.24. The van der Waals surface area contributed by atoms with Crippen molar-refractivity contribution in [2.75, 3.05) is 25.0 Å². The molecule has 1 N–H and O–H groups in total. The summed E-state index contributed by atoms with van der Waals surface area (Å²) in [5.74, 6) is 2.18. The van der Waals surface area contributed by atoms with Crippen LogP contribution in [0.3, 0.4) is 0 Å². The van der Waals surface area contributed by atoms with Crippen LogP contribution >= 0.6 is 0 Å². The number of halogens is 1. The molecule has 8 heteroatoms. The molecule has 1 aromatic carbocycles. The van der Waals surface area contributed by atoms with E-state index in [2.05, 4.69) is 49.6 Å². The van der Waals surface area contributed by atoms with Crippen LogP contribution in [0.4, 0.5) is 16.2 Å². The fourth-order valence-electron chi connectivity index (χ4n) is 5.73. The maximum Gasteiger partial charge on any atom is 0.229 e. The molecule has 1 fully saturated rings. The third kappa shape index (κ3) is 4.13. The van der Waals surface area contributed by atoms with Crippen molar-refractivity contribution in [3.05, 3.63) is 59.4 Å². The molecule has 1 unspecified atom stereocenters. The number of hydrogen-bond donors (Lipinski definition) is 1. The molecule has 6 rings (SSSR count). The summed E-state index contributed by atoms with van der Waals surface area (Å²) < 4.78 is 17.2. The summed E-state index contributed by atoms with van der Waals surface area (Å²) in [6.07, 6.45) is 7.55. The van der Waals surface area contributed by atoms with Crippen LogP contribution in [0.2, 0.25) is 0 Å². The van der Waals surface area contributed by atoms with Crippen molar-refractivity contribution in [2.24, 2.45) is 0 Å². The van der Waals surface area contributed by atoms with Gasteiger partial charge in [0, 0.05) is 24.2 Å². The third-order valence-electron chi connectivity index (χ3n) is 7.84. The van der Waals surface area contributed by atoms with Crippen molar-refractivity contribution in [1.82, 2.24) is 29.4 Å². The Bertz CT molecular complexity index is 1400. The number of hydrogen-bond acceptors (Lipinski definition) is 6. The van der Waals surface area contributed by atoms with E-state index in [-0.39, 0.29) is 5.69 Å². The summed E-state index contributed by atoms with van der Waals surface area (Å²) in [6.45, 7) is 9.84. The summed E-state index contributed by atoms with van der Waals surface area (Å²) in [6, 6.07) is 8.45. The number of anilines is 2. The Labute approximate surface area is 210 Å². The number of piperidine rings is 1. The van der Waals surface area contributed by atoms with E-state index in [1.807, 2.05) is 31.3 Å². The van der Waals surface area contributed by atoms with Crippen molar-refractivity contribution in [1.29, 1.82) is 0 Å². The van der Waals surface area contributed by atoms with Crippen LogP contribution in [0.25, 0.3) is 22.3 Å². The van der Waals surface area contributed by atoms with Crippen LogP contribution in [0, 0.1) is 12.7 Å². The zero-order valence-electron chi connectivity index (χ0n) is 21.1. The summed E-state index contributed by atoms with van der Waals surface area (Å²) >= 11 is 0. The first-order valence-corrected chi connectivity index (χ1v) is 13.0. The Balaban J connectivity index is 1.25. The van der Waals surface area contributed by atoms with Gasteiger partial charge in [0.1, 0.15) is 17.3 Å². The Hall–Kier alpha value is -3.39. The first kappa shape index (κ1) is 23.0. The molecule has 0 aliphatic carbocycles. The number of fused-ring (bicyclic) bond motifs is 3. The molecule has 36 heavy (non-hydrogen) atoms. The van der Waals surface area contributed by atoms with Crippen molar-refractivity contribution in [3.8, 4) is 11.3 Å². The van der Waals surface area contributed by atoms with Gasteiger partial charge in [0.15, 0.2) is 5.82 Å². The first-order chi connectivity index (χ1) is 17.5. The topological polar surface area (TPSA) is 71.8 Å². The van der Waals surface area contributed by atoms with Crippen LogP contribution < -0.4 is 5.32 Å². The standard InChI is InChI=1S/C28H32FN7/c1-4-35-11-9-19(10-12-35)20-6-7-24(30-15-20)32-28-31-16-22(29)27(34-28)21-13-17(2)26-23(14-21)36-18(3)5-8-25(36)33-26/h6-7,13-16,18-19H,4-5,8-12H2,1-3H3,(H,30,31,32,34). The van der Waals surface area contributed by atoms with Gasteiger partial charge >= 0.3 is 0 Å². The van der Waals surface area contributed by atoms with E-state index in [0.29, 0.717) is 23.7 Å². The molecule has 0 bridgehead atoms. The van der Waals surface area contributed by atoms with Crippen LogP contribution in [0.15, 0.2) is 36.7 Å². The number of pyridine rings is 1. The molecule has 186 valence electrons. The van der Waals surface area contributed by atoms with Gasteiger partial charge in [0.05, 0.1) is 17.2 Å². The molecule has 7 nitrogen and oxygen atoms in total. The maximum absolute atomic E-state index is 14.9. The van der Waals surface area contributed by atoms with E-state index in [4.69, 9.17) is 4.98 Å². The molecule has 0 radical (unpaired) electrons. The Morgan fingerprint density at radius 2 is 1.89 bits per heavy atom. The zero-order chi connectivity index (χ0) is 24.8. The van der Waals surface area contributed by atoms with Gasteiger partial charge in [-0.25, -0.2) is 24.3 Å². The molecular formula is C28H32FN7. The average molecular weight is 486 g/mol. The van der Waals surface area contributed by atoms with Crippen molar-refractivity contribution in [2.45, 2.75) is 58.4 Å². The van der Waals surface area contributed by atoms with E-state index in [1.165, 1.54) is 11.8 Å². The molecule has 2 aliphatic rings. The molecule has 1 atom stereocenters. The largest absolute Gasteiger partial charge is 0.325 e. The summed E-state index contributed by atoms with van der Waals surface area (Å²) in [5, 5.41) is 3.16. The number of imidazole rings is 1. The number of likely N-dealkylation sites (tertiary alicyclic amines) is 1. The molecule has 4 aromatic rings. The number of aromatic nitrogens is 5. The lowest BCUT2D eigenvalue weighted by Crippen LogP contribution is -2.32. The average Bonchev–Trinajstić information content (AvgIpc) is 3.46. The minimum Gasteiger partial charge on any atom is -0.325 e. The van der Waals surface area contributed by atoms with Crippen molar-refractivity contribution in [3.63, 3.8) is 0 Å². The van der Waals surface area contributed by atoms with Crippen LogP contribution in [-0.4, -0.2) is 49.0 Å². The quantitative estimate of drug-likeness (QED) is 0.386. The number of nitrogens with zero attached hydrogens (tertiary/aromatic N) is 6. The van der Waals surface area contributed by atoms with Gasteiger partial charge in [0.25, 0.3) is 0 Å². The Morgan fingerprint density at radius 1 is 1.06 bits per heavy atom. The Morgan fingerprint density at radius 3 is 2.64 bits per heavy atom. The second-order valence-corrected chi connectivity index (χ2v) is 10.1. The lowest BCUT2D eigenvalue weighted by atomic mass is 9.90. The van der Waals surface area contributed by atoms with Crippen LogP contribution in [0.1, 0.15) is 62.0 Å². The number of aryl methyl sites for hydroxylation is 2. The SMILES string of the molecule is CCN1CCC(c2ccc(Nc3ncc(F)c(-c4cc(C)c5nc6n(c5c4)C(C)CC6)n3)nc2)CC1. The fraction of sp³-hybridized carbons (Fsp3) is 0.429. The highest BCUT2D eigenvalue weighted by molar-refractivity contribution is 5.85. The molecule has 5 heterocycles. The highest BCUT2D eigenvalue weighted by atomic mass is 19.1. The van der Waals surface area contributed by atoms with Gasteiger partial charge in [-0.3, -0.25) is 0 Å². The fourth-order valence-corrected chi connectivity index (χ4v) is 5.73. The number of benzene rings is 1. The molecule has 3 aromatic heterocycles. The minimum atomic E-state index is -0.449. The third-order valence-corrected chi connectivity index (χ3v) is 7.84. The smallest absolute Gasteiger partial charge is 0.229 e. The van der Waals surface area contributed by atoms with Crippen molar-refractivity contribution >= 4 is 22.8 Å². The van der Waals surface area contributed by atoms with E-state index < -0.39 is 5.82 Å². The monoisotopic (exact) mass is 485 g/mol. The summed E-state index contributed by atoms with van der Waals surface area (Å²) in [4.78, 5) is 20.6. The van der Waals surface area contributed by atoms with E-state index in [9.17, 15) is 4.39 Å². The van der Waals surface area contributed by atoms with Gasteiger partial charge in [-0.1, -0.05) is 13.0 Å². The molecule has 0 amide bonds. The molecule has 0 saturated carbocycles. The summed E-state index contributed by atoms with van der Waals surface area (Å²) in [5.41, 5.74) is 5.32. The molecule has 1 saturated heterocycles. The lowest BCUT2D eigenvalue weighted by molar-refractivity contribution is 0.222. The van der Waals surface area contributed by atoms with Gasteiger partial charge in [-0.05, 0) is 88.0 Å². The van der Waals surface area contributed by atoms with Crippen LogP contribution in [0.5, 0.6) is 0 Å². The zero-order valence-corrected chi connectivity index (χ0v) is 21.1. The Kier molecular flexibility index (Phi) is 5.91. The minimum absolute atomic E-state index is 0.276. The van der Waals surface area contributed by atoms with Gasteiger partial charge < -0.3 is 14.8 Å². The molecular weight excluding hydrogens is 453 g/mol. The first-order valence-electron chi connectivity index (χ1n) is 13.0. The molecule has 2 aliphatic heterocycles. The number of nitrogens with one attached hydrogen (secondary N) is 1. The predicted molar refractivity (Wildman–Crippen MR) is 140 cm³/mol. The molecule has 0 spiro atoms. The van der Waals surface area contributed by atoms with Gasteiger partial charge in [0.2, 0.25) is 5.95 Å². The highest BCUT2D eigenvalue weighted by Gasteiger charge is 2.24. The lowest BCUT2D eigenvalue weighted by Gasteiger charge is -2.31. The van der Waals surface area contributed by atoms with E-state index in [1.54, 1.807) is 0 Å². The van der Waals surface area contributed by atoms with E-state index in [0.717, 1.165) is 73.3 Å². The normalized spacial score (nSPS) is 18.6. The second-order valence-electron chi connectivity index (χ2n) is 10.1. The highest BCUT2D eigenvalue weighted by Crippen LogP contribution is 2.35. The van der Waals surface area contributed by atoms with E-state index >= 15 is 0 Å². The van der Waals surface area contributed by atoms with Crippen LogP contribution in [-0.2, 0) is 6.42 Å². The van der Waals surface area contributed by atoms with Gasteiger partial charge in [-0.2, -0.15) is 0 Å². The summed E-state index contributed by atoms with van der Waals surface area (Å²) in [7, 11) is 0. The number of rotatable bonds is 5. The van der Waals surface area contributed by atoms with Gasteiger partial charge in [-0.15, -0.1) is 0 Å². The predicted octanol–water partition coefficient (Wildman–Crippen LogP) is 5.79. The van der Waals surface area contributed by atoms with Crippen molar-refractivity contribution < 1.29 is 4.39 Å². The maximum atomic E-state index is 14.9.